The van der Waals surface area contributed by atoms with Crippen LogP contribution in [0.5, 0.6) is 5.75 Å². The minimum Gasteiger partial charge on any atom is -0.497 e. The van der Waals surface area contributed by atoms with Crippen LogP contribution < -0.4 is 15.0 Å². The molecule has 140 valence electrons. The Morgan fingerprint density at radius 2 is 1.70 bits per heavy atom. The SMILES string of the molecule is COc1ccc(CCNc2cc(C)nc(N(C)Cc3ccccc3)n2)cc1. The van der Waals surface area contributed by atoms with Crippen LogP contribution >= 0.6 is 0 Å². The van der Waals surface area contributed by atoms with Crippen molar-refractivity contribution in [3.63, 3.8) is 0 Å². The first-order chi connectivity index (χ1) is 13.1. The predicted octanol–water partition coefficient (Wildman–Crippen LogP) is 4.08. The van der Waals surface area contributed by atoms with Gasteiger partial charge in [-0.15, -0.1) is 0 Å². The van der Waals surface area contributed by atoms with Crippen LogP contribution in [0, 0.1) is 6.92 Å². The van der Waals surface area contributed by atoms with E-state index in [1.807, 2.05) is 50.4 Å². The van der Waals surface area contributed by atoms with Gasteiger partial charge in [0.25, 0.3) is 0 Å². The number of aromatic nitrogens is 2. The van der Waals surface area contributed by atoms with Gasteiger partial charge in [0, 0.05) is 31.9 Å². The highest BCUT2D eigenvalue weighted by atomic mass is 16.5. The third kappa shape index (κ3) is 5.45. The van der Waals surface area contributed by atoms with E-state index >= 15 is 0 Å². The van der Waals surface area contributed by atoms with Crippen molar-refractivity contribution in [3.05, 3.63) is 77.5 Å². The molecule has 2 aromatic carbocycles. The highest BCUT2D eigenvalue weighted by molar-refractivity contribution is 5.44. The van der Waals surface area contributed by atoms with Gasteiger partial charge < -0.3 is 15.0 Å². The first-order valence-electron chi connectivity index (χ1n) is 9.11. The van der Waals surface area contributed by atoms with Crippen LogP contribution in [0.2, 0.25) is 0 Å². The van der Waals surface area contributed by atoms with Gasteiger partial charge in [-0.25, -0.2) is 4.98 Å². The molecule has 0 unspecified atom stereocenters. The largest absolute Gasteiger partial charge is 0.497 e. The van der Waals surface area contributed by atoms with E-state index in [0.29, 0.717) is 0 Å². The summed E-state index contributed by atoms with van der Waals surface area (Å²) >= 11 is 0. The van der Waals surface area contributed by atoms with E-state index in [1.165, 1.54) is 11.1 Å². The fraction of sp³-hybridized carbons (Fsp3) is 0.273. The van der Waals surface area contributed by atoms with Crippen molar-refractivity contribution in [1.82, 2.24) is 9.97 Å². The number of ether oxygens (including phenoxy) is 1. The Labute approximate surface area is 161 Å². The van der Waals surface area contributed by atoms with Crippen molar-refractivity contribution < 1.29 is 4.74 Å². The number of benzene rings is 2. The lowest BCUT2D eigenvalue weighted by Crippen LogP contribution is -2.20. The summed E-state index contributed by atoms with van der Waals surface area (Å²) in [6.45, 7) is 3.58. The van der Waals surface area contributed by atoms with Crippen molar-refractivity contribution in [2.75, 3.05) is 30.9 Å². The normalized spacial score (nSPS) is 10.5. The third-order valence-corrected chi connectivity index (χ3v) is 4.33. The zero-order chi connectivity index (χ0) is 19.1. The van der Waals surface area contributed by atoms with E-state index in [0.717, 1.165) is 42.7 Å². The summed E-state index contributed by atoms with van der Waals surface area (Å²) in [5.74, 6) is 2.46. The van der Waals surface area contributed by atoms with E-state index in [-0.39, 0.29) is 0 Å². The number of aryl methyl sites for hydroxylation is 1. The van der Waals surface area contributed by atoms with Gasteiger partial charge in [0.05, 0.1) is 7.11 Å². The van der Waals surface area contributed by atoms with Crippen LogP contribution in [0.15, 0.2) is 60.7 Å². The van der Waals surface area contributed by atoms with Crippen molar-refractivity contribution in [1.29, 1.82) is 0 Å². The number of nitrogens with one attached hydrogen (secondary N) is 1. The molecule has 0 fully saturated rings. The van der Waals surface area contributed by atoms with Crippen molar-refractivity contribution in [2.45, 2.75) is 19.9 Å². The number of hydrogen-bond donors (Lipinski definition) is 1. The van der Waals surface area contributed by atoms with Gasteiger partial charge >= 0.3 is 0 Å². The molecule has 27 heavy (non-hydrogen) atoms. The van der Waals surface area contributed by atoms with E-state index in [1.54, 1.807) is 7.11 Å². The molecule has 0 spiro atoms. The Bertz CT molecular complexity index is 850. The molecule has 0 saturated carbocycles. The number of anilines is 2. The summed E-state index contributed by atoms with van der Waals surface area (Å²) in [5.41, 5.74) is 3.45. The highest BCUT2D eigenvalue weighted by Gasteiger charge is 2.08. The lowest BCUT2D eigenvalue weighted by atomic mass is 10.1. The highest BCUT2D eigenvalue weighted by Crippen LogP contribution is 2.16. The lowest BCUT2D eigenvalue weighted by Gasteiger charge is -2.18. The summed E-state index contributed by atoms with van der Waals surface area (Å²) in [7, 11) is 3.70. The van der Waals surface area contributed by atoms with Gasteiger partial charge in [0.15, 0.2) is 0 Å². The number of hydrogen-bond acceptors (Lipinski definition) is 5. The van der Waals surface area contributed by atoms with Gasteiger partial charge in [0.2, 0.25) is 5.95 Å². The molecule has 0 bridgehead atoms. The Morgan fingerprint density at radius 1 is 0.963 bits per heavy atom. The molecule has 0 amide bonds. The zero-order valence-electron chi connectivity index (χ0n) is 16.1. The molecule has 1 heterocycles. The van der Waals surface area contributed by atoms with E-state index in [9.17, 15) is 0 Å². The summed E-state index contributed by atoms with van der Waals surface area (Å²) in [6.07, 6.45) is 0.919. The first-order valence-corrected chi connectivity index (χ1v) is 9.11. The number of rotatable bonds is 8. The minimum atomic E-state index is 0.728. The maximum atomic E-state index is 5.20. The monoisotopic (exact) mass is 362 g/mol. The molecule has 0 aliphatic heterocycles. The van der Waals surface area contributed by atoms with Crippen molar-refractivity contribution in [2.24, 2.45) is 0 Å². The second-order valence-corrected chi connectivity index (χ2v) is 6.56. The van der Waals surface area contributed by atoms with Crippen molar-refractivity contribution >= 4 is 11.8 Å². The molecule has 3 rings (SSSR count). The van der Waals surface area contributed by atoms with E-state index < -0.39 is 0 Å². The lowest BCUT2D eigenvalue weighted by molar-refractivity contribution is 0.414. The van der Waals surface area contributed by atoms with Crippen LogP contribution in [0.1, 0.15) is 16.8 Å². The smallest absolute Gasteiger partial charge is 0.227 e. The Hall–Kier alpha value is -3.08. The Morgan fingerprint density at radius 3 is 2.41 bits per heavy atom. The fourth-order valence-electron chi connectivity index (χ4n) is 2.87. The molecular weight excluding hydrogens is 336 g/mol. The Kier molecular flexibility index (Phi) is 6.26. The summed E-state index contributed by atoms with van der Waals surface area (Å²) in [4.78, 5) is 11.3. The summed E-state index contributed by atoms with van der Waals surface area (Å²) in [6, 6.07) is 20.5. The number of nitrogens with zero attached hydrogens (tertiary/aromatic N) is 3. The number of methoxy groups -OCH3 is 1. The van der Waals surface area contributed by atoms with Crippen LogP contribution in [0.3, 0.4) is 0 Å². The molecule has 5 heteroatoms. The second kappa shape index (κ2) is 9.03. The molecule has 0 atom stereocenters. The van der Waals surface area contributed by atoms with Crippen molar-refractivity contribution in [3.8, 4) is 5.75 Å². The summed E-state index contributed by atoms with van der Waals surface area (Å²) in [5, 5.41) is 3.41. The Balaban J connectivity index is 1.60. The fourth-order valence-corrected chi connectivity index (χ4v) is 2.87. The molecule has 3 aromatic rings. The van der Waals surface area contributed by atoms with Crippen LogP contribution in [-0.2, 0) is 13.0 Å². The molecular formula is C22H26N4O. The molecule has 0 saturated heterocycles. The van der Waals surface area contributed by atoms with Crippen LogP contribution in [-0.4, -0.2) is 30.7 Å². The molecule has 1 aromatic heterocycles. The maximum Gasteiger partial charge on any atom is 0.227 e. The molecule has 0 aliphatic carbocycles. The third-order valence-electron chi connectivity index (χ3n) is 4.33. The molecule has 1 N–H and O–H groups in total. The van der Waals surface area contributed by atoms with Gasteiger partial charge in [0.1, 0.15) is 11.6 Å². The minimum absolute atomic E-state index is 0.728. The topological polar surface area (TPSA) is 50.3 Å². The molecule has 5 nitrogen and oxygen atoms in total. The predicted molar refractivity (Wildman–Crippen MR) is 111 cm³/mol. The van der Waals surface area contributed by atoms with Crippen LogP contribution in [0.25, 0.3) is 0 Å². The van der Waals surface area contributed by atoms with Gasteiger partial charge in [-0.3, -0.25) is 0 Å². The first kappa shape index (κ1) is 18.7. The molecule has 0 radical (unpaired) electrons. The maximum absolute atomic E-state index is 5.20. The van der Waals surface area contributed by atoms with Gasteiger partial charge in [-0.05, 0) is 36.6 Å². The van der Waals surface area contributed by atoms with E-state index in [2.05, 4.69) is 44.5 Å². The average molecular weight is 362 g/mol. The van der Waals surface area contributed by atoms with Gasteiger partial charge in [-0.2, -0.15) is 4.98 Å². The average Bonchev–Trinajstić information content (AvgIpc) is 2.69. The molecule has 0 aliphatic rings. The van der Waals surface area contributed by atoms with Gasteiger partial charge in [-0.1, -0.05) is 42.5 Å². The standard InChI is InChI=1S/C22H26N4O/c1-17-15-21(23-14-13-18-9-11-20(27-3)12-10-18)25-22(24-17)26(2)16-19-7-5-4-6-8-19/h4-12,15H,13-14,16H2,1-3H3,(H,23,24,25). The van der Waals surface area contributed by atoms with Crippen LogP contribution in [0.4, 0.5) is 11.8 Å². The summed E-state index contributed by atoms with van der Waals surface area (Å²) < 4.78 is 5.20. The quantitative estimate of drug-likeness (QED) is 0.654. The zero-order valence-corrected chi connectivity index (χ0v) is 16.1. The second-order valence-electron chi connectivity index (χ2n) is 6.56. The van der Waals surface area contributed by atoms with E-state index in [4.69, 9.17) is 4.74 Å².